The average molecular weight is 345 g/mol. The highest BCUT2D eigenvalue weighted by Crippen LogP contribution is 2.31. The standard InChI is InChI=1S/C6H13N.C5H11O9P/c7-6-4-2-1-3-5-6;6-1-2(7)3(8)4(9)5(10)14-15(11,12)13/h6H,1-5,7H2;2-4,6-9H,1H2,(H2,11,12,13)/t;2-,3-,4-/m.1/s1. The highest BCUT2D eigenvalue weighted by Gasteiger charge is 2.32. The van der Waals surface area contributed by atoms with Gasteiger partial charge in [0.1, 0.15) is 12.2 Å². The summed E-state index contributed by atoms with van der Waals surface area (Å²) in [6.07, 6.45) is 0.668. The van der Waals surface area contributed by atoms with Crippen LogP contribution in [0.1, 0.15) is 32.1 Å². The van der Waals surface area contributed by atoms with Gasteiger partial charge >= 0.3 is 13.8 Å². The zero-order valence-electron chi connectivity index (χ0n) is 12.1. The van der Waals surface area contributed by atoms with Crippen molar-refractivity contribution < 1.29 is 49.8 Å². The third kappa shape index (κ3) is 9.44. The summed E-state index contributed by atoms with van der Waals surface area (Å²) in [5.74, 6) is -1.86. The van der Waals surface area contributed by atoms with E-state index in [1.54, 1.807) is 0 Å². The number of carbonyl (C=O) groups is 1. The van der Waals surface area contributed by atoms with Crippen molar-refractivity contribution in [3.8, 4) is 0 Å². The molecule has 0 aromatic rings. The van der Waals surface area contributed by atoms with E-state index in [-0.39, 0.29) is 0 Å². The lowest BCUT2D eigenvalue weighted by atomic mass is 9.97. The van der Waals surface area contributed by atoms with E-state index < -0.39 is 38.7 Å². The molecule has 1 fully saturated rings. The van der Waals surface area contributed by atoms with Crippen LogP contribution < -0.4 is 10.6 Å². The fourth-order valence-electron chi connectivity index (χ4n) is 1.81. The molecule has 4 atom stereocenters. The fraction of sp³-hybridized carbons (Fsp3) is 0.909. The summed E-state index contributed by atoms with van der Waals surface area (Å²) in [6.45, 7) is -0.959. The van der Waals surface area contributed by atoms with Crippen molar-refractivity contribution in [1.82, 2.24) is 0 Å². The molecule has 132 valence electrons. The predicted molar refractivity (Wildman–Crippen MR) is 70.8 cm³/mol. The van der Waals surface area contributed by atoms with Crippen LogP contribution in [0.3, 0.4) is 0 Å². The van der Waals surface area contributed by atoms with Crippen LogP contribution in [0.2, 0.25) is 0 Å². The minimum atomic E-state index is -5.37. The number of carbonyl (C=O) groups excluding carboxylic acids is 1. The molecule has 11 heteroatoms. The Bertz CT molecular complexity index is 369. The molecule has 0 saturated heterocycles. The topological polar surface area (TPSA) is 195 Å². The van der Waals surface area contributed by atoms with E-state index in [0.717, 1.165) is 6.04 Å². The van der Waals surface area contributed by atoms with Gasteiger partial charge in [-0.3, -0.25) is 4.57 Å². The molecular formula is C11H24NO9P. The quantitative estimate of drug-likeness (QED) is 0.275. The smallest absolute Gasteiger partial charge is 0.343 e. The molecule has 8 N–H and O–H groups in total. The summed E-state index contributed by atoms with van der Waals surface area (Å²) in [5, 5.41) is 34.9. The van der Waals surface area contributed by atoms with Crippen LogP contribution in [-0.2, 0) is 13.9 Å². The molecule has 0 amide bonds. The molecule has 1 aliphatic carbocycles. The molecule has 10 nitrogen and oxygen atoms in total. The highest BCUT2D eigenvalue weighted by molar-refractivity contribution is 7.45. The van der Waals surface area contributed by atoms with Crippen molar-refractivity contribution in [1.29, 1.82) is 0 Å². The summed E-state index contributed by atoms with van der Waals surface area (Å²) in [5.41, 5.74) is 4.00. The number of phosphoric ester groups is 1. The maximum atomic E-state index is 10.7. The number of hydrogen-bond acceptors (Lipinski definition) is 8. The number of aliphatic hydroxyl groups excluding tert-OH is 4. The lowest BCUT2D eigenvalue weighted by Gasteiger charge is -2.22. The van der Waals surface area contributed by atoms with Gasteiger partial charge < -0.3 is 40.5 Å². The minimum absolute atomic E-state index is 0.786. The van der Waals surface area contributed by atoms with Gasteiger partial charge in [0, 0.05) is 0 Å². The number of rotatable bonds is 5. The third-order valence-corrected chi connectivity index (χ3v) is 3.49. The average Bonchev–Trinajstić information content (AvgIpc) is 2.44. The van der Waals surface area contributed by atoms with E-state index in [4.69, 9.17) is 25.3 Å². The molecule has 0 aromatic heterocycles. The van der Waals surface area contributed by atoms with E-state index in [9.17, 15) is 14.3 Å². The van der Waals surface area contributed by atoms with Gasteiger partial charge in [-0.2, -0.15) is 0 Å². The molecule has 1 aliphatic rings. The lowest BCUT2D eigenvalue weighted by Crippen LogP contribution is -2.61. The third-order valence-electron chi connectivity index (χ3n) is 3.08. The summed E-state index contributed by atoms with van der Waals surface area (Å²) in [7, 11) is -5.37. The maximum Gasteiger partial charge on any atom is 0.343 e. The van der Waals surface area contributed by atoms with E-state index >= 15 is 0 Å². The zero-order valence-corrected chi connectivity index (χ0v) is 13.0. The van der Waals surface area contributed by atoms with E-state index in [1.807, 2.05) is 0 Å². The molecule has 1 rings (SSSR count). The van der Waals surface area contributed by atoms with Gasteiger partial charge in [0.15, 0.2) is 6.10 Å². The van der Waals surface area contributed by atoms with Gasteiger partial charge in [0.25, 0.3) is 0 Å². The molecule has 0 aromatic carbocycles. The normalized spacial score (nSPS) is 22.5. The van der Waals surface area contributed by atoms with E-state index in [0.29, 0.717) is 0 Å². The van der Waals surface area contributed by atoms with Crippen molar-refractivity contribution in [3.63, 3.8) is 0 Å². The summed E-state index contributed by atoms with van der Waals surface area (Å²) in [6, 6.07) is 0.786. The van der Waals surface area contributed by atoms with Gasteiger partial charge in [0.05, 0.1) is 12.6 Å². The second kappa shape index (κ2) is 10.2. The minimum Gasteiger partial charge on any atom is -0.746 e. The SMILES string of the molecule is O=C(OP(=O)([O-])O)[C@H](O)[C@H](O)[C@H](O)CO.[NH3+]C1CCCCC1. The van der Waals surface area contributed by atoms with Crippen molar-refractivity contribution in [3.05, 3.63) is 0 Å². The Morgan fingerprint density at radius 1 is 1.27 bits per heavy atom. The van der Waals surface area contributed by atoms with E-state index in [1.165, 1.54) is 32.1 Å². The molecule has 0 bridgehead atoms. The van der Waals surface area contributed by atoms with E-state index in [2.05, 4.69) is 10.3 Å². The second-order valence-electron chi connectivity index (χ2n) is 5.07. The maximum absolute atomic E-state index is 10.7. The molecule has 1 unspecified atom stereocenters. The van der Waals surface area contributed by atoms with Gasteiger partial charge in [-0.25, -0.2) is 4.79 Å². The largest absolute Gasteiger partial charge is 0.746 e. The molecule has 0 radical (unpaired) electrons. The van der Waals surface area contributed by atoms with Crippen LogP contribution in [-0.4, -0.2) is 62.2 Å². The Morgan fingerprint density at radius 2 is 1.77 bits per heavy atom. The van der Waals surface area contributed by atoms with Crippen LogP contribution in [0.5, 0.6) is 0 Å². The van der Waals surface area contributed by atoms with Crippen molar-refractivity contribution in [2.45, 2.75) is 56.5 Å². The van der Waals surface area contributed by atoms with Gasteiger partial charge in [-0.05, 0) is 25.7 Å². The Balaban J connectivity index is 0.000000518. The van der Waals surface area contributed by atoms with Crippen molar-refractivity contribution >= 4 is 13.8 Å². The Labute approximate surface area is 127 Å². The molecule has 0 heterocycles. The van der Waals surface area contributed by atoms with Crippen LogP contribution in [0.25, 0.3) is 0 Å². The van der Waals surface area contributed by atoms with Crippen LogP contribution in [0.15, 0.2) is 0 Å². The Kier molecular flexibility index (Phi) is 9.97. The second-order valence-corrected chi connectivity index (χ2v) is 6.19. The molecular weight excluding hydrogens is 321 g/mol. The number of quaternary nitrogens is 1. The fourth-order valence-corrected chi connectivity index (χ4v) is 2.15. The summed E-state index contributed by atoms with van der Waals surface area (Å²) >= 11 is 0. The first-order valence-corrected chi connectivity index (χ1v) is 8.33. The molecule has 1 saturated carbocycles. The van der Waals surface area contributed by atoms with Crippen LogP contribution in [0, 0.1) is 0 Å². The number of aliphatic hydroxyl groups is 4. The monoisotopic (exact) mass is 345 g/mol. The summed E-state index contributed by atoms with van der Waals surface area (Å²) < 4.78 is 13.4. The number of hydrogen-bond donors (Lipinski definition) is 6. The first kappa shape index (κ1) is 21.4. The molecule has 22 heavy (non-hydrogen) atoms. The van der Waals surface area contributed by atoms with Gasteiger partial charge in [-0.1, -0.05) is 6.42 Å². The molecule has 0 spiro atoms. The highest BCUT2D eigenvalue weighted by atomic mass is 31.2. The predicted octanol–water partition coefficient (Wildman–Crippen LogP) is -3.37. The lowest BCUT2D eigenvalue weighted by molar-refractivity contribution is -0.425. The number of phosphoric acid groups is 1. The Hall–Kier alpha value is -0.580. The van der Waals surface area contributed by atoms with Crippen LogP contribution >= 0.6 is 7.82 Å². The van der Waals surface area contributed by atoms with Crippen LogP contribution in [0.4, 0.5) is 0 Å². The van der Waals surface area contributed by atoms with Crippen molar-refractivity contribution in [2.75, 3.05) is 6.61 Å². The first-order chi connectivity index (χ1) is 10.1. The van der Waals surface area contributed by atoms with Gasteiger partial charge in [-0.15, -0.1) is 0 Å². The summed E-state index contributed by atoms with van der Waals surface area (Å²) in [4.78, 5) is 28.8. The first-order valence-electron chi connectivity index (χ1n) is 6.84. The Morgan fingerprint density at radius 3 is 2.09 bits per heavy atom. The zero-order chi connectivity index (χ0) is 17.3. The van der Waals surface area contributed by atoms with Gasteiger partial charge in [0.2, 0.25) is 0 Å². The molecule has 0 aliphatic heterocycles. The van der Waals surface area contributed by atoms with Crippen molar-refractivity contribution in [2.24, 2.45) is 0 Å².